The molecule has 1 fully saturated rings. The van der Waals surface area contributed by atoms with Crippen molar-refractivity contribution in [1.82, 2.24) is 0 Å². The number of nitrogens with one attached hydrogen (secondary N) is 2. The van der Waals surface area contributed by atoms with Crippen LogP contribution >= 0.6 is 0 Å². The number of carboxylic acids is 1. The highest BCUT2D eigenvalue weighted by molar-refractivity contribution is 6.00. The quantitative estimate of drug-likeness (QED) is 0.767. The molecule has 0 saturated heterocycles. The van der Waals surface area contributed by atoms with E-state index in [-0.39, 0.29) is 23.7 Å². The number of anilines is 2. The van der Waals surface area contributed by atoms with Gasteiger partial charge in [0, 0.05) is 18.9 Å². The molecule has 1 aliphatic carbocycles. The van der Waals surface area contributed by atoms with E-state index < -0.39 is 5.97 Å². The number of carbonyl (C=O) groups excluding carboxylic acids is 2. The van der Waals surface area contributed by atoms with Crippen molar-refractivity contribution in [3.05, 3.63) is 18.2 Å². The predicted molar refractivity (Wildman–Crippen MR) is 89.0 cm³/mol. The average Bonchev–Trinajstić information content (AvgIpc) is 2.56. The minimum Gasteiger partial charge on any atom is -0.497 e. The Labute approximate surface area is 140 Å². The summed E-state index contributed by atoms with van der Waals surface area (Å²) in [5.41, 5.74) is 0.964. The third-order valence-electron chi connectivity index (χ3n) is 4.24. The van der Waals surface area contributed by atoms with Gasteiger partial charge in [-0.05, 0) is 37.8 Å². The van der Waals surface area contributed by atoms with E-state index in [4.69, 9.17) is 9.84 Å². The summed E-state index contributed by atoms with van der Waals surface area (Å²) in [6.07, 6.45) is 2.10. The minimum atomic E-state index is -0.797. The smallest absolute Gasteiger partial charge is 0.306 e. The monoisotopic (exact) mass is 334 g/mol. The molecule has 1 aromatic carbocycles. The number of aliphatic carboxylic acids is 1. The zero-order valence-corrected chi connectivity index (χ0v) is 13.8. The molecule has 0 radical (unpaired) electrons. The summed E-state index contributed by atoms with van der Waals surface area (Å²) in [7, 11) is 1.52. The SMILES string of the molecule is COc1ccc(NC(C)=O)c(NC(=O)C2CCC(C(=O)O)CC2)c1. The van der Waals surface area contributed by atoms with E-state index in [2.05, 4.69) is 10.6 Å². The molecule has 0 aliphatic heterocycles. The van der Waals surface area contributed by atoms with Crippen LogP contribution < -0.4 is 15.4 Å². The molecule has 2 amide bonds. The van der Waals surface area contributed by atoms with Crippen LogP contribution in [0, 0.1) is 11.8 Å². The van der Waals surface area contributed by atoms with Crippen molar-refractivity contribution in [2.45, 2.75) is 32.6 Å². The standard InChI is InChI=1S/C17H22N2O5/c1-10(20)18-14-8-7-13(24-2)9-15(14)19-16(21)11-3-5-12(6-4-11)17(22)23/h7-9,11-12H,3-6H2,1-2H3,(H,18,20)(H,19,21)(H,22,23). The Kier molecular flexibility index (Phi) is 5.78. The molecule has 7 nitrogen and oxygen atoms in total. The summed E-state index contributed by atoms with van der Waals surface area (Å²) in [6.45, 7) is 1.39. The van der Waals surface area contributed by atoms with Gasteiger partial charge in [0.1, 0.15) is 5.75 Å². The van der Waals surface area contributed by atoms with E-state index >= 15 is 0 Å². The van der Waals surface area contributed by atoms with Gasteiger partial charge in [0.15, 0.2) is 0 Å². The highest BCUT2D eigenvalue weighted by Crippen LogP contribution is 2.32. The number of ether oxygens (including phenoxy) is 1. The normalized spacial score (nSPS) is 20.1. The molecule has 0 heterocycles. The number of carboxylic acid groups (broad SMARTS) is 1. The molecule has 7 heteroatoms. The maximum absolute atomic E-state index is 12.5. The number of amides is 2. The molecular weight excluding hydrogens is 312 g/mol. The van der Waals surface area contributed by atoms with Crippen molar-refractivity contribution in [3.8, 4) is 5.75 Å². The van der Waals surface area contributed by atoms with Gasteiger partial charge in [-0.25, -0.2) is 0 Å². The molecule has 0 aromatic heterocycles. The summed E-state index contributed by atoms with van der Waals surface area (Å²) in [5, 5.41) is 14.5. The van der Waals surface area contributed by atoms with E-state index in [0.29, 0.717) is 42.8 Å². The van der Waals surface area contributed by atoms with Crippen molar-refractivity contribution >= 4 is 29.2 Å². The van der Waals surface area contributed by atoms with Crippen LogP contribution in [0.25, 0.3) is 0 Å². The van der Waals surface area contributed by atoms with E-state index in [1.54, 1.807) is 18.2 Å². The third-order valence-corrected chi connectivity index (χ3v) is 4.24. The molecule has 1 aromatic rings. The summed E-state index contributed by atoms with van der Waals surface area (Å²) in [5.74, 6) is -1.22. The fraction of sp³-hybridized carbons (Fsp3) is 0.471. The van der Waals surface area contributed by atoms with E-state index in [0.717, 1.165) is 0 Å². The van der Waals surface area contributed by atoms with Crippen molar-refractivity contribution in [3.63, 3.8) is 0 Å². The Balaban J connectivity index is 2.07. The zero-order valence-electron chi connectivity index (χ0n) is 13.8. The highest BCUT2D eigenvalue weighted by atomic mass is 16.5. The number of hydrogen-bond acceptors (Lipinski definition) is 4. The van der Waals surface area contributed by atoms with Crippen LogP contribution in [-0.4, -0.2) is 30.0 Å². The molecule has 0 atom stereocenters. The second kappa shape index (κ2) is 7.81. The number of rotatable bonds is 5. The maximum atomic E-state index is 12.5. The number of methoxy groups -OCH3 is 1. The molecule has 0 unspecified atom stereocenters. The molecule has 0 spiro atoms. The topological polar surface area (TPSA) is 105 Å². The molecular formula is C17H22N2O5. The lowest BCUT2D eigenvalue weighted by Gasteiger charge is -2.25. The van der Waals surface area contributed by atoms with Crippen molar-refractivity contribution in [2.24, 2.45) is 11.8 Å². The first kappa shape index (κ1) is 17.8. The second-order valence-electron chi connectivity index (χ2n) is 5.97. The lowest BCUT2D eigenvalue weighted by Crippen LogP contribution is -2.29. The van der Waals surface area contributed by atoms with Gasteiger partial charge < -0.3 is 20.5 Å². The molecule has 2 rings (SSSR count). The van der Waals surface area contributed by atoms with Gasteiger partial charge in [0.25, 0.3) is 0 Å². The first-order valence-corrected chi connectivity index (χ1v) is 7.90. The van der Waals surface area contributed by atoms with Crippen molar-refractivity contribution < 1.29 is 24.2 Å². The van der Waals surface area contributed by atoms with Gasteiger partial charge in [-0.3, -0.25) is 14.4 Å². The van der Waals surface area contributed by atoms with Gasteiger partial charge in [-0.15, -0.1) is 0 Å². The number of hydrogen-bond donors (Lipinski definition) is 3. The lowest BCUT2D eigenvalue weighted by atomic mass is 9.81. The first-order chi connectivity index (χ1) is 11.4. The second-order valence-corrected chi connectivity index (χ2v) is 5.97. The summed E-state index contributed by atoms with van der Waals surface area (Å²) in [4.78, 5) is 34.8. The Morgan fingerprint density at radius 3 is 2.21 bits per heavy atom. The zero-order chi connectivity index (χ0) is 17.7. The molecule has 3 N–H and O–H groups in total. The number of carbonyl (C=O) groups is 3. The fourth-order valence-electron chi connectivity index (χ4n) is 2.89. The Morgan fingerprint density at radius 2 is 1.67 bits per heavy atom. The van der Waals surface area contributed by atoms with E-state index in [1.807, 2.05) is 0 Å². The van der Waals surface area contributed by atoms with Crippen LogP contribution in [0.3, 0.4) is 0 Å². The van der Waals surface area contributed by atoms with Crippen LogP contribution in [0.4, 0.5) is 11.4 Å². The fourth-order valence-corrected chi connectivity index (χ4v) is 2.89. The molecule has 0 bridgehead atoms. The Hall–Kier alpha value is -2.57. The van der Waals surface area contributed by atoms with E-state index in [9.17, 15) is 14.4 Å². The first-order valence-electron chi connectivity index (χ1n) is 7.90. The van der Waals surface area contributed by atoms with E-state index in [1.165, 1.54) is 14.0 Å². The van der Waals surface area contributed by atoms with Gasteiger partial charge in [-0.1, -0.05) is 0 Å². The van der Waals surface area contributed by atoms with Gasteiger partial charge in [0.05, 0.1) is 24.4 Å². The summed E-state index contributed by atoms with van der Waals surface area (Å²) < 4.78 is 5.15. The van der Waals surface area contributed by atoms with Gasteiger partial charge >= 0.3 is 5.97 Å². The predicted octanol–water partition coefficient (Wildman–Crippen LogP) is 2.48. The lowest BCUT2D eigenvalue weighted by molar-refractivity contribution is -0.143. The van der Waals surface area contributed by atoms with Crippen LogP contribution in [-0.2, 0) is 14.4 Å². The Bertz CT molecular complexity index is 636. The largest absolute Gasteiger partial charge is 0.497 e. The van der Waals surface area contributed by atoms with Gasteiger partial charge in [-0.2, -0.15) is 0 Å². The summed E-state index contributed by atoms with van der Waals surface area (Å²) >= 11 is 0. The Morgan fingerprint density at radius 1 is 1.04 bits per heavy atom. The number of benzene rings is 1. The van der Waals surface area contributed by atoms with Crippen LogP contribution in [0.5, 0.6) is 5.75 Å². The third kappa shape index (κ3) is 4.47. The molecule has 1 aliphatic rings. The van der Waals surface area contributed by atoms with Crippen LogP contribution in [0.15, 0.2) is 18.2 Å². The minimum absolute atomic E-state index is 0.168. The van der Waals surface area contributed by atoms with Crippen molar-refractivity contribution in [1.29, 1.82) is 0 Å². The average molecular weight is 334 g/mol. The van der Waals surface area contributed by atoms with Gasteiger partial charge in [0.2, 0.25) is 11.8 Å². The maximum Gasteiger partial charge on any atom is 0.306 e. The highest BCUT2D eigenvalue weighted by Gasteiger charge is 2.30. The molecule has 1 saturated carbocycles. The van der Waals surface area contributed by atoms with Crippen LogP contribution in [0.1, 0.15) is 32.6 Å². The van der Waals surface area contributed by atoms with Crippen LogP contribution in [0.2, 0.25) is 0 Å². The molecule has 130 valence electrons. The summed E-state index contributed by atoms with van der Waals surface area (Å²) in [6, 6.07) is 5.00. The molecule has 24 heavy (non-hydrogen) atoms. The van der Waals surface area contributed by atoms with Crippen molar-refractivity contribution in [2.75, 3.05) is 17.7 Å².